The predicted octanol–water partition coefficient (Wildman–Crippen LogP) is 3.72. The number of hydrogen-bond acceptors (Lipinski definition) is 5. The van der Waals surface area contributed by atoms with E-state index in [0.29, 0.717) is 36.6 Å². The Morgan fingerprint density at radius 1 is 1.11 bits per heavy atom. The number of halogens is 1. The summed E-state index contributed by atoms with van der Waals surface area (Å²) >= 11 is 6.23. The van der Waals surface area contributed by atoms with Gasteiger partial charge < -0.3 is 20.7 Å². The third-order valence-corrected chi connectivity index (χ3v) is 6.76. The highest BCUT2D eigenvalue weighted by atomic mass is 35.5. The second-order valence-corrected chi connectivity index (χ2v) is 9.33. The molecule has 1 aliphatic heterocycles. The van der Waals surface area contributed by atoms with Crippen molar-refractivity contribution in [2.45, 2.75) is 45.7 Å². The molecule has 3 rings (SSSR count). The summed E-state index contributed by atoms with van der Waals surface area (Å²) in [5, 5.41) is 6.20. The fourth-order valence-corrected chi connectivity index (χ4v) is 4.27. The van der Waals surface area contributed by atoms with E-state index in [0.717, 1.165) is 17.5 Å². The summed E-state index contributed by atoms with van der Waals surface area (Å²) in [7, 11) is 0. The first-order chi connectivity index (χ1) is 16.7. The van der Waals surface area contributed by atoms with Gasteiger partial charge >= 0.3 is 6.09 Å². The minimum atomic E-state index is -0.973. The van der Waals surface area contributed by atoms with Gasteiger partial charge in [0.2, 0.25) is 11.8 Å². The number of aryl methyl sites for hydroxylation is 1. The van der Waals surface area contributed by atoms with Gasteiger partial charge in [0.05, 0.1) is 11.5 Å². The molecule has 4 N–H and O–H groups in total. The van der Waals surface area contributed by atoms with Gasteiger partial charge in [-0.3, -0.25) is 14.9 Å². The van der Waals surface area contributed by atoms with E-state index in [1.54, 1.807) is 17.9 Å². The van der Waals surface area contributed by atoms with Crippen molar-refractivity contribution in [1.29, 1.82) is 0 Å². The number of hydrogen-bond donors (Lipinski definition) is 3. The van der Waals surface area contributed by atoms with Crippen LogP contribution in [-0.2, 0) is 27.3 Å². The molecule has 0 aliphatic carbocycles. The third-order valence-electron chi connectivity index (χ3n) is 6.39. The zero-order valence-corrected chi connectivity index (χ0v) is 20.9. The average Bonchev–Trinajstić information content (AvgIpc) is 2.87. The van der Waals surface area contributed by atoms with Crippen LogP contribution < -0.4 is 16.4 Å². The lowest BCUT2D eigenvalue weighted by Gasteiger charge is -2.40. The normalized spacial score (nSPS) is 15.7. The van der Waals surface area contributed by atoms with Crippen molar-refractivity contribution in [1.82, 2.24) is 10.2 Å². The molecule has 3 amide bonds. The topological polar surface area (TPSA) is 114 Å². The monoisotopic (exact) mass is 500 g/mol. The van der Waals surface area contributed by atoms with Crippen LogP contribution in [-0.4, -0.2) is 48.5 Å². The number of rotatable bonds is 8. The predicted molar refractivity (Wildman–Crippen MR) is 136 cm³/mol. The molecule has 2 aromatic carbocycles. The van der Waals surface area contributed by atoms with Gasteiger partial charge in [-0.1, -0.05) is 48.9 Å². The van der Waals surface area contributed by atoms with Crippen LogP contribution in [0.1, 0.15) is 37.8 Å². The molecule has 35 heavy (non-hydrogen) atoms. The molecule has 8 nitrogen and oxygen atoms in total. The first-order valence-corrected chi connectivity index (χ1v) is 12.2. The van der Waals surface area contributed by atoms with Crippen molar-refractivity contribution in [3.8, 4) is 0 Å². The molecule has 2 aromatic rings. The lowest BCUT2D eigenvalue weighted by Crippen LogP contribution is -2.54. The maximum absolute atomic E-state index is 13.4. The smallest absolute Gasteiger partial charge is 0.411 e. The lowest BCUT2D eigenvalue weighted by atomic mass is 9.78. The number of nitrogens with two attached hydrogens (primary N) is 1. The number of benzene rings is 2. The number of amides is 3. The number of ether oxygens (including phenoxy) is 1. The Bertz CT molecular complexity index is 1030. The lowest BCUT2D eigenvalue weighted by molar-refractivity contribution is -0.143. The van der Waals surface area contributed by atoms with Gasteiger partial charge in [-0.25, -0.2) is 4.79 Å². The molecule has 0 aromatic heterocycles. The van der Waals surface area contributed by atoms with Crippen molar-refractivity contribution in [3.63, 3.8) is 0 Å². The highest BCUT2D eigenvalue weighted by molar-refractivity contribution is 6.31. The Morgan fingerprint density at radius 2 is 1.77 bits per heavy atom. The zero-order chi connectivity index (χ0) is 25.4. The van der Waals surface area contributed by atoms with Crippen LogP contribution in [0.3, 0.4) is 0 Å². The van der Waals surface area contributed by atoms with Crippen molar-refractivity contribution in [3.05, 3.63) is 64.7 Å². The summed E-state index contributed by atoms with van der Waals surface area (Å²) in [4.78, 5) is 39.8. The summed E-state index contributed by atoms with van der Waals surface area (Å²) in [6, 6.07) is 14.1. The molecule has 0 radical (unpaired) electrons. The number of carbonyl (C=O) groups is 3. The Hall–Kier alpha value is -3.10. The van der Waals surface area contributed by atoms with E-state index in [4.69, 9.17) is 22.1 Å². The quantitative estimate of drug-likeness (QED) is 0.511. The molecule has 9 heteroatoms. The van der Waals surface area contributed by atoms with Gasteiger partial charge in [-0.05, 0) is 55.5 Å². The number of nitrogens with one attached hydrogen (secondary N) is 2. The second-order valence-electron chi connectivity index (χ2n) is 8.92. The molecule has 0 saturated carbocycles. The van der Waals surface area contributed by atoms with Gasteiger partial charge in [0.25, 0.3) is 0 Å². The highest BCUT2D eigenvalue weighted by Crippen LogP contribution is 2.33. The second kappa shape index (κ2) is 12.0. The van der Waals surface area contributed by atoms with E-state index in [2.05, 4.69) is 17.6 Å². The summed E-state index contributed by atoms with van der Waals surface area (Å²) in [6.07, 6.45) is 0.955. The van der Waals surface area contributed by atoms with Crippen molar-refractivity contribution in [2.24, 2.45) is 11.1 Å². The van der Waals surface area contributed by atoms with Crippen LogP contribution >= 0.6 is 11.6 Å². The maximum atomic E-state index is 13.4. The molecule has 1 saturated heterocycles. The largest absolute Gasteiger partial charge is 0.448 e. The molecule has 188 valence electrons. The van der Waals surface area contributed by atoms with Crippen molar-refractivity contribution >= 4 is 35.2 Å². The van der Waals surface area contributed by atoms with Gasteiger partial charge in [0, 0.05) is 30.3 Å². The molecule has 0 unspecified atom stereocenters. The van der Waals surface area contributed by atoms with Crippen molar-refractivity contribution < 1.29 is 19.1 Å². The maximum Gasteiger partial charge on any atom is 0.411 e. The van der Waals surface area contributed by atoms with Crippen LogP contribution in [0.25, 0.3) is 0 Å². The molecule has 1 heterocycles. The Balaban J connectivity index is 1.67. The fraction of sp³-hybridized carbons (Fsp3) is 0.423. The summed E-state index contributed by atoms with van der Waals surface area (Å²) in [5.41, 5.74) is 7.34. The van der Waals surface area contributed by atoms with E-state index in [1.807, 2.05) is 42.5 Å². The highest BCUT2D eigenvalue weighted by Gasteiger charge is 2.43. The molecule has 0 bridgehead atoms. The van der Waals surface area contributed by atoms with E-state index in [1.165, 1.54) is 0 Å². The first kappa shape index (κ1) is 26.5. The number of anilines is 1. The Kier molecular flexibility index (Phi) is 9.12. The minimum absolute atomic E-state index is 0.111. The molecule has 1 atom stereocenters. The molecular weight excluding hydrogens is 468 g/mol. The van der Waals surface area contributed by atoms with Crippen molar-refractivity contribution in [2.75, 3.05) is 25.0 Å². The van der Waals surface area contributed by atoms with E-state index in [-0.39, 0.29) is 25.0 Å². The standard InChI is InChI=1S/C26H33ClN4O4/c1-3-19-8-10-21(11-9-19)30-25(34)35-17-26(12-14-31(15-13-26)23(32)18(2)28)24(33)29-16-20-6-4-5-7-22(20)27/h4-11,18H,3,12-17,28H2,1-2H3,(H,29,33)(H,30,34)/t18-/m1/s1. The molecule has 0 spiro atoms. The third kappa shape index (κ3) is 6.96. The Labute approximate surface area is 211 Å². The van der Waals surface area contributed by atoms with Crippen LogP contribution in [0.4, 0.5) is 10.5 Å². The fourth-order valence-electron chi connectivity index (χ4n) is 4.07. The number of nitrogens with zero attached hydrogens (tertiary/aromatic N) is 1. The average molecular weight is 501 g/mol. The van der Waals surface area contributed by atoms with Crippen LogP contribution in [0.15, 0.2) is 48.5 Å². The zero-order valence-electron chi connectivity index (χ0n) is 20.2. The van der Waals surface area contributed by atoms with Crippen LogP contribution in [0.2, 0.25) is 5.02 Å². The molecule has 1 aliphatic rings. The minimum Gasteiger partial charge on any atom is -0.448 e. The number of likely N-dealkylation sites (tertiary alicyclic amines) is 1. The number of carbonyl (C=O) groups excluding carboxylic acids is 3. The van der Waals surface area contributed by atoms with E-state index in [9.17, 15) is 14.4 Å². The molecular formula is C26H33ClN4O4. The van der Waals surface area contributed by atoms with E-state index >= 15 is 0 Å². The van der Waals surface area contributed by atoms with Gasteiger partial charge in [0.15, 0.2) is 0 Å². The van der Waals surface area contributed by atoms with E-state index < -0.39 is 17.6 Å². The summed E-state index contributed by atoms with van der Waals surface area (Å²) in [6.45, 7) is 4.53. The first-order valence-electron chi connectivity index (χ1n) is 11.8. The van der Waals surface area contributed by atoms with Crippen LogP contribution in [0, 0.1) is 5.41 Å². The summed E-state index contributed by atoms with van der Waals surface area (Å²) < 4.78 is 5.52. The van der Waals surface area contributed by atoms with Crippen LogP contribution in [0.5, 0.6) is 0 Å². The molecule has 1 fully saturated rings. The Morgan fingerprint density at radius 3 is 2.37 bits per heavy atom. The van der Waals surface area contributed by atoms with Gasteiger partial charge in [-0.2, -0.15) is 0 Å². The van der Waals surface area contributed by atoms with Gasteiger partial charge in [-0.15, -0.1) is 0 Å². The van der Waals surface area contributed by atoms with Gasteiger partial charge in [0.1, 0.15) is 6.61 Å². The number of piperidine rings is 1. The SMILES string of the molecule is CCc1ccc(NC(=O)OCC2(C(=O)NCc3ccccc3Cl)CCN(C(=O)[C@@H](C)N)CC2)cc1. The summed E-state index contributed by atoms with van der Waals surface area (Å²) in [5.74, 6) is -0.408.